The van der Waals surface area contributed by atoms with Crippen LogP contribution in [0, 0.1) is 0 Å². The smallest absolute Gasteiger partial charge is 0.332 e. The van der Waals surface area contributed by atoms with E-state index in [-0.39, 0.29) is 6.61 Å². The van der Waals surface area contributed by atoms with Crippen LogP contribution >= 0.6 is 0 Å². The van der Waals surface area contributed by atoms with Crippen molar-refractivity contribution in [3.8, 4) is 11.5 Å². The number of hydrogen-bond donors (Lipinski definition) is 1. The first-order valence-electron chi connectivity index (χ1n) is 9.29. The summed E-state index contributed by atoms with van der Waals surface area (Å²) in [5, 5.41) is 2.72. The number of ether oxygens (including phenoxy) is 5. The van der Waals surface area contributed by atoms with Crippen molar-refractivity contribution in [3.63, 3.8) is 0 Å². The molecule has 28 heavy (non-hydrogen) atoms. The minimum Gasteiger partial charge on any atom is -0.492 e. The molecule has 1 saturated heterocycles. The van der Waals surface area contributed by atoms with Crippen molar-refractivity contribution >= 4 is 23.3 Å². The number of rotatable bonds is 10. The molecule has 1 aromatic rings. The summed E-state index contributed by atoms with van der Waals surface area (Å²) < 4.78 is 26.4. The Bertz CT molecular complexity index is 660. The average molecular weight is 396 g/mol. The number of benzene rings is 1. The van der Waals surface area contributed by atoms with Crippen molar-refractivity contribution in [2.45, 2.75) is 13.8 Å². The maximum absolute atomic E-state index is 12.2. The lowest BCUT2D eigenvalue weighted by Gasteiger charge is -2.31. The van der Waals surface area contributed by atoms with E-state index in [0.717, 1.165) is 18.8 Å². The third-order valence-electron chi connectivity index (χ3n) is 3.91. The molecule has 1 aromatic carbocycles. The Kier molecular flexibility index (Phi) is 8.83. The van der Waals surface area contributed by atoms with Gasteiger partial charge >= 0.3 is 5.97 Å². The Morgan fingerprint density at radius 3 is 2.39 bits per heavy atom. The lowest BCUT2D eigenvalue weighted by molar-refractivity contribution is -0.150. The Morgan fingerprint density at radius 2 is 1.75 bits per heavy atom. The molecule has 1 aliphatic heterocycles. The number of hydrogen-bond acceptors (Lipinski definition) is 8. The summed E-state index contributed by atoms with van der Waals surface area (Å²) in [5.74, 6) is 0.0656. The minimum absolute atomic E-state index is 0.208. The highest BCUT2D eigenvalue weighted by Crippen LogP contribution is 2.39. The minimum atomic E-state index is -0.611. The second-order valence-corrected chi connectivity index (χ2v) is 5.92. The first-order chi connectivity index (χ1) is 13.6. The summed E-state index contributed by atoms with van der Waals surface area (Å²) in [5.41, 5.74) is 1.34. The maximum atomic E-state index is 12.2. The molecule has 1 fully saturated rings. The zero-order valence-corrected chi connectivity index (χ0v) is 16.6. The zero-order valence-electron chi connectivity index (χ0n) is 16.6. The van der Waals surface area contributed by atoms with Gasteiger partial charge in [-0.15, -0.1) is 0 Å². The zero-order chi connectivity index (χ0) is 20.4. The molecule has 0 bridgehead atoms. The molecular weight excluding hydrogens is 368 g/mol. The lowest BCUT2D eigenvalue weighted by atomic mass is 10.2. The summed E-state index contributed by atoms with van der Waals surface area (Å²) >= 11 is 0. The Morgan fingerprint density at radius 1 is 1.07 bits per heavy atom. The van der Waals surface area contributed by atoms with Gasteiger partial charge in [0.1, 0.15) is 18.1 Å². The standard InChI is InChI=1S/C19H28N2O7/c1-4-26-16-11-15(21-6-8-25-9-7-21)17(27-5-2)10-14(16)20-18(22)12-28-19(23)13-24-3/h10-11H,4-9,12-13H2,1-3H3,(H,20,22). The van der Waals surface area contributed by atoms with Gasteiger partial charge in [-0.25, -0.2) is 4.79 Å². The van der Waals surface area contributed by atoms with Crippen LogP contribution in [0.4, 0.5) is 11.4 Å². The highest BCUT2D eigenvalue weighted by atomic mass is 16.6. The number of morpholine rings is 1. The van der Waals surface area contributed by atoms with E-state index in [0.29, 0.717) is 43.6 Å². The van der Waals surface area contributed by atoms with Crippen molar-refractivity contribution in [1.29, 1.82) is 0 Å². The fourth-order valence-electron chi connectivity index (χ4n) is 2.74. The lowest BCUT2D eigenvalue weighted by Crippen LogP contribution is -2.36. The highest BCUT2D eigenvalue weighted by molar-refractivity contribution is 5.95. The number of amides is 1. The SMILES string of the molecule is CCOc1cc(N2CCOCC2)c(OCC)cc1NC(=O)COC(=O)COC. The molecule has 156 valence electrons. The third-order valence-corrected chi connectivity index (χ3v) is 3.91. The number of carbonyl (C=O) groups excluding carboxylic acids is 2. The van der Waals surface area contributed by atoms with E-state index >= 15 is 0 Å². The molecule has 2 rings (SSSR count). The molecule has 1 aliphatic rings. The normalized spacial score (nSPS) is 13.8. The van der Waals surface area contributed by atoms with E-state index in [1.54, 1.807) is 6.07 Å². The van der Waals surface area contributed by atoms with Crippen molar-refractivity contribution in [2.75, 3.05) is 70.1 Å². The molecule has 9 nitrogen and oxygen atoms in total. The van der Waals surface area contributed by atoms with Crippen LogP contribution in [0.15, 0.2) is 12.1 Å². The third kappa shape index (κ3) is 6.28. The quantitative estimate of drug-likeness (QED) is 0.594. The van der Waals surface area contributed by atoms with E-state index < -0.39 is 18.5 Å². The van der Waals surface area contributed by atoms with Crippen LogP contribution in [0.3, 0.4) is 0 Å². The van der Waals surface area contributed by atoms with E-state index in [4.69, 9.17) is 18.9 Å². The predicted molar refractivity (Wildman–Crippen MR) is 103 cm³/mol. The molecule has 0 aliphatic carbocycles. The predicted octanol–water partition coefficient (Wildman–Crippen LogP) is 1.45. The molecule has 0 radical (unpaired) electrons. The molecule has 0 saturated carbocycles. The summed E-state index contributed by atoms with van der Waals surface area (Å²) in [6.45, 7) is 6.82. The van der Waals surface area contributed by atoms with E-state index in [1.165, 1.54) is 7.11 Å². The topological polar surface area (TPSA) is 95.6 Å². The van der Waals surface area contributed by atoms with Gasteiger partial charge in [0.15, 0.2) is 6.61 Å². The average Bonchev–Trinajstić information content (AvgIpc) is 2.69. The molecule has 0 atom stereocenters. The number of nitrogens with zero attached hydrogens (tertiary/aromatic N) is 1. The first kappa shape index (κ1) is 21.8. The summed E-state index contributed by atoms with van der Waals surface area (Å²) in [7, 11) is 1.38. The van der Waals surface area contributed by atoms with Gasteiger partial charge in [0.25, 0.3) is 5.91 Å². The van der Waals surface area contributed by atoms with Gasteiger partial charge in [0, 0.05) is 32.3 Å². The number of carbonyl (C=O) groups is 2. The fourth-order valence-corrected chi connectivity index (χ4v) is 2.74. The van der Waals surface area contributed by atoms with Gasteiger partial charge in [-0.2, -0.15) is 0 Å². The Labute approximate surface area is 164 Å². The highest BCUT2D eigenvalue weighted by Gasteiger charge is 2.20. The molecule has 1 N–H and O–H groups in total. The molecule has 0 aromatic heterocycles. The second-order valence-electron chi connectivity index (χ2n) is 5.92. The van der Waals surface area contributed by atoms with Crippen molar-refractivity contribution in [3.05, 3.63) is 12.1 Å². The van der Waals surface area contributed by atoms with E-state index in [2.05, 4.69) is 15.0 Å². The van der Waals surface area contributed by atoms with Crippen LogP contribution < -0.4 is 19.7 Å². The van der Waals surface area contributed by atoms with Crippen molar-refractivity contribution in [1.82, 2.24) is 0 Å². The van der Waals surface area contributed by atoms with Gasteiger partial charge in [-0.3, -0.25) is 4.79 Å². The van der Waals surface area contributed by atoms with E-state index in [9.17, 15) is 9.59 Å². The molecule has 1 heterocycles. The summed E-state index contributed by atoms with van der Waals surface area (Å²) in [6.07, 6.45) is 0. The molecule has 9 heteroatoms. The molecule has 0 unspecified atom stereocenters. The van der Waals surface area contributed by atoms with Crippen LogP contribution in [0.25, 0.3) is 0 Å². The van der Waals surface area contributed by atoms with Gasteiger partial charge in [-0.05, 0) is 13.8 Å². The van der Waals surface area contributed by atoms with Crippen LogP contribution in [-0.4, -0.2) is 71.7 Å². The molecule has 1 amide bonds. The molecule has 0 spiro atoms. The fraction of sp³-hybridized carbons (Fsp3) is 0.579. The number of methoxy groups -OCH3 is 1. The van der Waals surface area contributed by atoms with Crippen LogP contribution in [0.1, 0.15) is 13.8 Å². The van der Waals surface area contributed by atoms with E-state index in [1.807, 2.05) is 19.9 Å². The second kappa shape index (κ2) is 11.4. The van der Waals surface area contributed by atoms with Crippen molar-refractivity contribution < 1.29 is 33.3 Å². The monoisotopic (exact) mass is 396 g/mol. The number of nitrogens with one attached hydrogen (secondary N) is 1. The van der Waals surface area contributed by atoms with Gasteiger partial charge in [-0.1, -0.05) is 0 Å². The summed E-state index contributed by atoms with van der Waals surface area (Å²) in [4.78, 5) is 25.7. The molecular formula is C19H28N2O7. The number of anilines is 2. The largest absolute Gasteiger partial charge is 0.492 e. The first-order valence-corrected chi connectivity index (χ1v) is 9.29. The Balaban J connectivity index is 2.20. The maximum Gasteiger partial charge on any atom is 0.332 e. The van der Waals surface area contributed by atoms with Gasteiger partial charge in [0.2, 0.25) is 0 Å². The Hall–Kier alpha value is -2.52. The van der Waals surface area contributed by atoms with Crippen LogP contribution in [0.5, 0.6) is 11.5 Å². The van der Waals surface area contributed by atoms with Gasteiger partial charge < -0.3 is 33.9 Å². The van der Waals surface area contributed by atoms with Crippen molar-refractivity contribution in [2.24, 2.45) is 0 Å². The summed E-state index contributed by atoms with van der Waals surface area (Å²) in [6, 6.07) is 3.58. The van der Waals surface area contributed by atoms with Gasteiger partial charge in [0.05, 0.1) is 37.8 Å². The van der Waals surface area contributed by atoms with Crippen LogP contribution in [0.2, 0.25) is 0 Å². The number of esters is 1. The van der Waals surface area contributed by atoms with Crippen LogP contribution in [-0.2, 0) is 23.8 Å².